The Morgan fingerprint density at radius 2 is 2.23 bits per heavy atom. The van der Waals surface area contributed by atoms with Gasteiger partial charge in [-0.15, -0.1) is 0 Å². The van der Waals surface area contributed by atoms with Gasteiger partial charge in [-0.2, -0.15) is 0 Å². The molecule has 2 aromatic rings. The molecule has 0 bridgehead atoms. The molecule has 1 atom stereocenters. The van der Waals surface area contributed by atoms with Gasteiger partial charge in [-0.25, -0.2) is 4.98 Å². The van der Waals surface area contributed by atoms with Gasteiger partial charge in [0.05, 0.1) is 16.6 Å². The first-order chi connectivity index (χ1) is 14.4. The lowest BCUT2D eigenvalue weighted by Gasteiger charge is -2.18. The summed E-state index contributed by atoms with van der Waals surface area (Å²) in [5, 5.41) is 3.29. The summed E-state index contributed by atoms with van der Waals surface area (Å²) >= 11 is 6.58. The largest absolute Gasteiger partial charge is 0.376 e. The highest BCUT2D eigenvalue weighted by Gasteiger charge is 2.34. The molecule has 2 aliphatic heterocycles. The van der Waals surface area contributed by atoms with E-state index < -0.39 is 0 Å². The minimum Gasteiger partial charge on any atom is -0.376 e. The van der Waals surface area contributed by atoms with Gasteiger partial charge in [0.1, 0.15) is 15.8 Å². The van der Waals surface area contributed by atoms with Gasteiger partial charge >= 0.3 is 0 Å². The Hall–Kier alpha value is -2.23. The van der Waals surface area contributed by atoms with Gasteiger partial charge in [0, 0.05) is 25.4 Å². The third-order valence-corrected chi connectivity index (χ3v) is 6.55. The highest BCUT2D eigenvalue weighted by atomic mass is 32.2. The monoisotopic (exact) mass is 444 g/mol. The highest BCUT2D eigenvalue weighted by molar-refractivity contribution is 8.26. The molecule has 4 rings (SSSR count). The van der Waals surface area contributed by atoms with E-state index in [0.717, 1.165) is 25.0 Å². The predicted octanol–water partition coefficient (Wildman–Crippen LogP) is 3.20. The summed E-state index contributed by atoms with van der Waals surface area (Å²) < 4.78 is 7.71. The molecule has 1 amide bonds. The summed E-state index contributed by atoms with van der Waals surface area (Å²) in [6.45, 7) is 7.06. The standard InChI is InChI=1S/C21H24N4O3S2/c1-12(2)25-20(27)16(30-21(25)29)10-15-17(22-11-14-7-5-9-28-14)23-18-13(3)6-4-8-24(18)19(15)26/h4,6,8,10,12,14,22H,5,7,9,11H2,1-3H3. The van der Waals surface area contributed by atoms with Gasteiger partial charge < -0.3 is 10.1 Å². The number of thiocarbonyl (C=S) groups is 1. The van der Waals surface area contributed by atoms with Crippen LogP contribution in [-0.2, 0) is 9.53 Å². The molecular weight excluding hydrogens is 420 g/mol. The third-order valence-electron chi connectivity index (χ3n) is 5.22. The number of aryl methyl sites for hydroxylation is 1. The van der Waals surface area contributed by atoms with Crippen molar-refractivity contribution >= 4 is 51.7 Å². The molecule has 0 aliphatic carbocycles. The lowest BCUT2D eigenvalue weighted by molar-refractivity contribution is -0.123. The maximum atomic E-state index is 13.3. The Labute approximate surface area is 184 Å². The van der Waals surface area contributed by atoms with Crippen molar-refractivity contribution in [1.82, 2.24) is 14.3 Å². The van der Waals surface area contributed by atoms with Crippen LogP contribution in [-0.4, -0.2) is 49.8 Å². The number of amides is 1. The molecule has 2 aliphatic rings. The smallest absolute Gasteiger partial charge is 0.267 e. The molecule has 1 N–H and O–H groups in total. The highest BCUT2D eigenvalue weighted by Crippen LogP contribution is 2.34. The van der Waals surface area contributed by atoms with Gasteiger partial charge in [-0.1, -0.05) is 30.0 Å². The molecule has 2 saturated heterocycles. The Morgan fingerprint density at radius 1 is 1.43 bits per heavy atom. The van der Waals surface area contributed by atoms with Gasteiger partial charge in [-0.3, -0.25) is 18.9 Å². The van der Waals surface area contributed by atoms with E-state index in [4.69, 9.17) is 21.9 Å². The fraction of sp³-hybridized carbons (Fsp3) is 0.429. The molecule has 0 spiro atoms. The zero-order valence-electron chi connectivity index (χ0n) is 17.2. The quantitative estimate of drug-likeness (QED) is 0.561. The van der Waals surface area contributed by atoms with Gasteiger partial charge in [0.2, 0.25) is 0 Å². The predicted molar refractivity (Wildman–Crippen MR) is 124 cm³/mol. The molecule has 0 saturated carbocycles. The van der Waals surface area contributed by atoms with E-state index >= 15 is 0 Å². The summed E-state index contributed by atoms with van der Waals surface area (Å²) in [6, 6.07) is 3.69. The summed E-state index contributed by atoms with van der Waals surface area (Å²) in [7, 11) is 0. The number of ether oxygens (including phenoxy) is 1. The van der Waals surface area contributed by atoms with Crippen LogP contribution < -0.4 is 10.9 Å². The van der Waals surface area contributed by atoms with Crippen LogP contribution in [0.4, 0.5) is 5.82 Å². The first-order valence-electron chi connectivity index (χ1n) is 10.0. The molecule has 4 heterocycles. The number of pyridine rings is 1. The average molecular weight is 445 g/mol. The van der Waals surface area contributed by atoms with Crippen molar-refractivity contribution in [3.63, 3.8) is 0 Å². The van der Waals surface area contributed by atoms with Crippen molar-refractivity contribution in [3.05, 3.63) is 44.7 Å². The van der Waals surface area contributed by atoms with Crippen LogP contribution in [0.3, 0.4) is 0 Å². The Kier molecular flexibility index (Phi) is 5.95. The van der Waals surface area contributed by atoms with Crippen LogP contribution in [0.15, 0.2) is 28.0 Å². The zero-order chi connectivity index (χ0) is 21.4. The Bertz CT molecular complexity index is 1100. The molecule has 1 unspecified atom stereocenters. The minimum atomic E-state index is -0.228. The lowest BCUT2D eigenvalue weighted by Crippen LogP contribution is -2.34. The lowest BCUT2D eigenvalue weighted by atomic mass is 10.2. The number of nitrogens with zero attached hydrogens (tertiary/aromatic N) is 3. The summed E-state index contributed by atoms with van der Waals surface area (Å²) in [6.07, 6.45) is 5.40. The van der Waals surface area contributed by atoms with E-state index in [2.05, 4.69) is 5.32 Å². The van der Waals surface area contributed by atoms with Gasteiger partial charge in [0.25, 0.3) is 11.5 Å². The van der Waals surface area contributed by atoms with Gasteiger partial charge in [0.15, 0.2) is 0 Å². The zero-order valence-corrected chi connectivity index (χ0v) is 18.8. The number of nitrogens with one attached hydrogen (secondary N) is 1. The number of hydrogen-bond donors (Lipinski definition) is 1. The van der Waals surface area contributed by atoms with E-state index in [1.54, 1.807) is 17.2 Å². The van der Waals surface area contributed by atoms with Crippen LogP contribution >= 0.6 is 24.0 Å². The molecule has 9 heteroatoms. The maximum absolute atomic E-state index is 13.3. The summed E-state index contributed by atoms with van der Waals surface area (Å²) in [5.41, 5.74) is 1.60. The number of carbonyl (C=O) groups excluding carboxylic acids is 1. The van der Waals surface area contributed by atoms with E-state index in [1.807, 2.05) is 32.9 Å². The minimum absolute atomic E-state index is 0.0426. The number of fused-ring (bicyclic) bond motifs is 1. The molecule has 7 nitrogen and oxygen atoms in total. The fourth-order valence-corrected chi connectivity index (χ4v) is 5.15. The van der Waals surface area contributed by atoms with E-state index in [-0.39, 0.29) is 23.6 Å². The number of carbonyl (C=O) groups is 1. The normalized spacial score (nSPS) is 20.9. The van der Waals surface area contributed by atoms with Crippen molar-refractivity contribution < 1.29 is 9.53 Å². The molecule has 2 fully saturated rings. The summed E-state index contributed by atoms with van der Waals surface area (Å²) in [5.74, 6) is 0.276. The molecule has 158 valence electrons. The van der Waals surface area contributed by atoms with E-state index in [1.165, 1.54) is 16.2 Å². The number of thioether (sulfide) groups is 1. The number of anilines is 1. The van der Waals surface area contributed by atoms with Crippen molar-refractivity contribution in [1.29, 1.82) is 0 Å². The third kappa shape index (κ3) is 3.89. The SMILES string of the molecule is Cc1cccn2c(=O)c(C=C3SC(=S)N(C(C)C)C3=O)c(NCC3CCCO3)nc12. The Morgan fingerprint density at radius 3 is 2.90 bits per heavy atom. The van der Waals surface area contributed by atoms with Crippen LogP contribution in [0.25, 0.3) is 11.7 Å². The maximum Gasteiger partial charge on any atom is 0.267 e. The first-order valence-corrected chi connectivity index (χ1v) is 11.2. The topological polar surface area (TPSA) is 75.9 Å². The molecule has 0 radical (unpaired) electrons. The van der Waals surface area contributed by atoms with E-state index in [9.17, 15) is 9.59 Å². The summed E-state index contributed by atoms with van der Waals surface area (Å²) in [4.78, 5) is 32.9. The second kappa shape index (κ2) is 8.49. The van der Waals surface area contributed by atoms with Crippen molar-refractivity contribution in [2.45, 2.75) is 45.8 Å². The van der Waals surface area contributed by atoms with Crippen LogP contribution in [0.2, 0.25) is 0 Å². The molecule has 0 aromatic carbocycles. The van der Waals surface area contributed by atoms with Crippen molar-refractivity contribution in [2.75, 3.05) is 18.5 Å². The molecule has 30 heavy (non-hydrogen) atoms. The number of rotatable bonds is 5. The van der Waals surface area contributed by atoms with E-state index in [0.29, 0.717) is 32.8 Å². The molecular formula is C21H24N4O3S2. The van der Waals surface area contributed by atoms with Crippen LogP contribution in [0.5, 0.6) is 0 Å². The van der Waals surface area contributed by atoms with Gasteiger partial charge in [-0.05, 0) is 51.3 Å². The first kappa shape index (κ1) is 21.0. The second-order valence-electron chi connectivity index (χ2n) is 7.73. The Balaban J connectivity index is 1.80. The van der Waals surface area contributed by atoms with Crippen LogP contribution in [0.1, 0.15) is 37.8 Å². The molecule has 2 aromatic heterocycles. The fourth-order valence-electron chi connectivity index (χ4n) is 3.65. The number of aromatic nitrogens is 2. The van der Waals surface area contributed by atoms with Crippen molar-refractivity contribution in [3.8, 4) is 0 Å². The second-order valence-corrected chi connectivity index (χ2v) is 9.40. The van der Waals surface area contributed by atoms with Crippen molar-refractivity contribution in [2.24, 2.45) is 0 Å². The van der Waals surface area contributed by atoms with Crippen LogP contribution in [0, 0.1) is 6.92 Å². The average Bonchev–Trinajstić information content (AvgIpc) is 3.31. The number of hydrogen-bond acceptors (Lipinski definition) is 7.